The highest BCUT2D eigenvalue weighted by atomic mass is 32.2. The van der Waals surface area contributed by atoms with E-state index in [1.54, 1.807) is 18.2 Å². The maximum Gasteiger partial charge on any atom is 0.243 e. The molecule has 2 aliphatic rings. The lowest BCUT2D eigenvalue weighted by Gasteiger charge is -2.24. The topological polar surface area (TPSA) is 129 Å². The molecule has 0 radical (unpaired) electrons. The van der Waals surface area contributed by atoms with Gasteiger partial charge in [0.2, 0.25) is 15.9 Å². The van der Waals surface area contributed by atoms with Crippen molar-refractivity contribution in [2.45, 2.75) is 23.8 Å². The molecule has 1 fully saturated rings. The van der Waals surface area contributed by atoms with E-state index in [4.69, 9.17) is 9.47 Å². The van der Waals surface area contributed by atoms with E-state index in [2.05, 4.69) is 20.4 Å². The lowest BCUT2D eigenvalue weighted by Crippen LogP contribution is -2.43. The monoisotopic (exact) mass is 456 g/mol. The van der Waals surface area contributed by atoms with Crippen LogP contribution in [0.15, 0.2) is 54.1 Å². The maximum atomic E-state index is 13.3. The molecule has 166 valence electrons. The van der Waals surface area contributed by atoms with Crippen LogP contribution in [0.2, 0.25) is 0 Å². The minimum atomic E-state index is -3.89. The van der Waals surface area contributed by atoms with Gasteiger partial charge in [0.15, 0.2) is 17.3 Å². The summed E-state index contributed by atoms with van der Waals surface area (Å²) >= 11 is 0. The van der Waals surface area contributed by atoms with Crippen molar-refractivity contribution in [1.82, 2.24) is 24.1 Å². The molecule has 0 spiro atoms. The van der Waals surface area contributed by atoms with Crippen molar-refractivity contribution < 1.29 is 22.7 Å². The average molecular weight is 456 g/mol. The van der Waals surface area contributed by atoms with Gasteiger partial charge >= 0.3 is 0 Å². The molecule has 3 aromatic rings. The number of hydrogen-bond acceptors (Lipinski definition) is 8. The van der Waals surface area contributed by atoms with Crippen molar-refractivity contribution in [1.29, 1.82) is 0 Å². The molecular formula is C20H20N6O5S. The van der Waals surface area contributed by atoms with Crippen LogP contribution in [-0.2, 0) is 14.8 Å². The Kier molecular flexibility index (Phi) is 5.23. The Labute approximate surface area is 184 Å². The van der Waals surface area contributed by atoms with Crippen molar-refractivity contribution >= 4 is 21.6 Å². The van der Waals surface area contributed by atoms with Gasteiger partial charge in [-0.15, -0.1) is 0 Å². The summed E-state index contributed by atoms with van der Waals surface area (Å²) in [7, 11) is -3.89. The van der Waals surface area contributed by atoms with E-state index in [1.807, 2.05) is 0 Å². The molecule has 0 saturated carbocycles. The molecule has 5 rings (SSSR count). The number of sulfonamides is 1. The first-order valence-corrected chi connectivity index (χ1v) is 11.5. The second-order valence-electron chi connectivity index (χ2n) is 7.31. The molecule has 0 bridgehead atoms. The molecule has 32 heavy (non-hydrogen) atoms. The number of benzene rings is 1. The zero-order chi connectivity index (χ0) is 22.1. The summed E-state index contributed by atoms with van der Waals surface area (Å²) in [5, 5.41) is 6.76. The SMILES string of the molecule is O=C(Nc1ccc(-n2cncn2)nc1)C1CCCN1S(=O)(=O)c1ccc2c(c1)OCCO2. The summed E-state index contributed by atoms with van der Waals surface area (Å²) in [5.41, 5.74) is 0.461. The summed E-state index contributed by atoms with van der Waals surface area (Å²) in [6, 6.07) is 7.05. The van der Waals surface area contributed by atoms with Crippen molar-refractivity contribution in [2.75, 3.05) is 25.1 Å². The highest BCUT2D eigenvalue weighted by molar-refractivity contribution is 7.89. The molecule has 1 saturated heterocycles. The fraction of sp³-hybridized carbons (Fsp3) is 0.300. The first-order chi connectivity index (χ1) is 15.5. The second kappa shape index (κ2) is 8.20. The van der Waals surface area contributed by atoms with E-state index < -0.39 is 22.0 Å². The standard InChI is InChI=1S/C20H20N6O5S/c27-20(24-14-3-6-19(22-11-14)25-13-21-12-23-25)16-2-1-7-26(16)32(28,29)15-4-5-17-18(10-15)31-9-8-30-17/h3-6,10-13,16H,1-2,7-9H2,(H,24,27). The lowest BCUT2D eigenvalue weighted by atomic mass is 10.2. The fourth-order valence-corrected chi connectivity index (χ4v) is 5.43. The molecular weight excluding hydrogens is 436 g/mol. The Hall–Kier alpha value is -3.51. The van der Waals surface area contributed by atoms with E-state index in [0.717, 1.165) is 0 Å². The van der Waals surface area contributed by atoms with Gasteiger partial charge in [-0.3, -0.25) is 4.79 Å². The molecule has 12 heteroatoms. The second-order valence-corrected chi connectivity index (χ2v) is 9.20. The minimum Gasteiger partial charge on any atom is -0.486 e. The number of fused-ring (bicyclic) bond motifs is 1. The Morgan fingerprint density at radius 1 is 1.12 bits per heavy atom. The van der Waals surface area contributed by atoms with Gasteiger partial charge in [0, 0.05) is 12.6 Å². The number of pyridine rings is 1. The Bertz CT molecular complexity index is 1230. The zero-order valence-electron chi connectivity index (χ0n) is 16.9. The fourth-order valence-electron chi connectivity index (χ4n) is 3.76. The Morgan fingerprint density at radius 2 is 1.97 bits per heavy atom. The maximum absolute atomic E-state index is 13.3. The van der Waals surface area contributed by atoms with E-state index in [0.29, 0.717) is 49.1 Å². The van der Waals surface area contributed by atoms with Gasteiger partial charge in [-0.1, -0.05) is 0 Å². The van der Waals surface area contributed by atoms with Crippen molar-refractivity contribution in [2.24, 2.45) is 0 Å². The van der Waals surface area contributed by atoms with Gasteiger partial charge in [-0.05, 0) is 37.1 Å². The number of nitrogens with one attached hydrogen (secondary N) is 1. The predicted molar refractivity (Wildman–Crippen MR) is 112 cm³/mol. The van der Waals surface area contributed by atoms with E-state index in [-0.39, 0.29) is 11.4 Å². The van der Waals surface area contributed by atoms with Gasteiger partial charge < -0.3 is 14.8 Å². The Morgan fingerprint density at radius 3 is 2.72 bits per heavy atom. The number of amides is 1. The third-order valence-electron chi connectivity index (χ3n) is 5.30. The highest BCUT2D eigenvalue weighted by Crippen LogP contribution is 2.35. The third-order valence-corrected chi connectivity index (χ3v) is 7.20. The summed E-state index contributed by atoms with van der Waals surface area (Å²) < 4.78 is 40.3. The van der Waals surface area contributed by atoms with Crippen LogP contribution < -0.4 is 14.8 Å². The average Bonchev–Trinajstić information content (AvgIpc) is 3.52. The number of anilines is 1. The molecule has 1 aromatic carbocycles. The molecule has 1 atom stereocenters. The number of aromatic nitrogens is 4. The van der Waals surface area contributed by atoms with E-state index in [1.165, 1.54) is 40.0 Å². The molecule has 11 nitrogen and oxygen atoms in total. The lowest BCUT2D eigenvalue weighted by molar-refractivity contribution is -0.119. The van der Waals surface area contributed by atoms with Crippen LogP contribution in [0.1, 0.15) is 12.8 Å². The van der Waals surface area contributed by atoms with Crippen molar-refractivity contribution in [3.8, 4) is 17.3 Å². The summed E-state index contributed by atoms with van der Waals surface area (Å²) in [5.74, 6) is 1.03. The summed E-state index contributed by atoms with van der Waals surface area (Å²) in [4.78, 5) is 21.1. The van der Waals surface area contributed by atoms with Gasteiger partial charge in [0.1, 0.15) is 31.9 Å². The van der Waals surface area contributed by atoms with E-state index >= 15 is 0 Å². The largest absolute Gasteiger partial charge is 0.486 e. The molecule has 0 aliphatic carbocycles. The molecule has 2 aromatic heterocycles. The quantitative estimate of drug-likeness (QED) is 0.607. The van der Waals surface area contributed by atoms with Crippen LogP contribution in [0.4, 0.5) is 5.69 Å². The predicted octanol–water partition coefficient (Wildman–Crippen LogP) is 1.23. The third kappa shape index (κ3) is 3.78. The van der Waals surface area contributed by atoms with Crippen LogP contribution in [-0.4, -0.2) is 64.2 Å². The number of carbonyl (C=O) groups excluding carboxylic acids is 1. The molecule has 1 amide bonds. The molecule has 1 unspecified atom stereocenters. The Balaban J connectivity index is 1.33. The van der Waals surface area contributed by atoms with Gasteiger partial charge in [-0.25, -0.2) is 23.1 Å². The molecule has 1 N–H and O–H groups in total. The smallest absolute Gasteiger partial charge is 0.243 e. The molecule has 4 heterocycles. The number of rotatable bonds is 5. The van der Waals surface area contributed by atoms with Gasteiger partial charge in [0.05, 0.1) is 16.8 Å². The number of nitrogens with zero attached hydrogens (tertiary/aromatic N) is 5. The van der Waals surface area contributed by atoms with Crippen LogP contribution >= 0.6 is 0 Å². The van der Waals surface area contributed by atoms with E-state index in [9.17, 15) is 13.2 Å². The van der Waals surface area contributed by atoms with Crippen LogP contribution in [0.3, 0.4) is 0 Å². The summed E-state index contributed by atoms with van der Waals surface area (Å²) in [6.45, 7) is 1.04. The zero-order valence-corrected chi connectivity index (χ0v) is 17.7. The van der Waals surface area contributed by atoms with Crippen molar-refractivity contribution in [3.63, 3.8) is 0 Å². The van der Waals surface area contributed by atoms with Gasteiger partial charge in [-0.2, -0.15) is 9.40 Å². The first-order valence-electron chi connectivity index (χ1n) is 10.1. The number of carbonyl (C=O) groups is 1. The van der Waals surface area contributed by atoms with Crippen molar-refractivity contribution in [3.05, 3.63) is 49.2 Å². The normalized spacial score (nSPS) is 18.4. The highest BCUT2D eigenvalue weighted by Gasteiger charge is 2.40. The number of ether oxygens (including phenoxy) is 2. The first kappa shape index (κ1) is 20.4. The minimum absolute atomic E-state index is 0.0697. The van der Waals surface area contributed by atoms with Gasteiger partial charge in [0.25, 0.3) is 0 Å². The van der Waals surface area contributed by atoms with Crippen LogP contribution in [0.5, 0.6) is 11.5 Å². The number of hydrogen-bond donors (Lipinski definition) is 1. The molecule has 2 aliphatic heterocycles. The van der Waals surface area contributed by atoms with Crippen LogP contribution in [0, 0.1) is 0 Å². The summed E-state index contributed by atoms with van der Waals surface area (Å²) in [6.07, 6.45) is 5.42. The van der Waals surface area contributed by atoms with Crippen LogP contribution in [0.25, 0.3) is 5.82 Å².